The molecule has 0 bridgehead atoms. The quantitative estimate of drug-likeness (QED) is 0.0109. The number of carboxylic acid groups (broad SMARTS) is 2. The lowest BCUT2D eigenvalue weighted by molar-refractivity contribution is -0.144. The van der Waals surface area contributed by atoms with Gasteiger partial charge in [-0.3, -0.25) is 52.4 Å². The number of phosphoric ester groups is 1. The second-order valence-corrected chi connectivity index (χ2v) is 32.7. The smallest absolute Gasteiger partial charge is 0.481 e. The number of hydrogen-bond acceptors (Lipinski definition) is 23. The van der Waals surface area contributed by atoms with E-state index in [0.717, 1.165) is 56.9 Å². The molecule has 3 heterocycles. The van der Waals surface area contributed by atoms with Crippen molar-refractivity contribution in [1.29, 1.82) is 0 Å². The van der Waals surface area contributed by atoms with Crippen LogP contribution in [0.1, 0.15) is 194 Å². The molecule has 2 aromatic carbocycles. The summed E-state index contributed by atoms with van der Waals surface area (Å²) in [5.41, 5.74) is 11.6. The van der Waals surface area contributed by atoms with Crippen LogP contribution >= 0.6 is 45.1 Å². The average Bonchev–Trinajstić information content (AvgIpc) is 1.00. The molecule has 0 radical (unpaired) electrons. The lowest BCUT2D eigenvalue weighted by Crippen LogP contribution is -2.43. The highest BCUT2D eigenvalue weighted by Gasteiger charge is 2.44. The van der Waals surface area contributed by atoms with E-state index in [1.165, 1.54) is 33.3 Å². The summed E-state index contributed by atoms with van der Waals surface area (Å²) in [7, 11) is -12.4. The predicted molar refractivity (Wildman–Crippen MR) is 391 cm³/mol. The first-order chi connectivity index (χ1) is 49.6. The van der Waals surface area contributed by atoms with Crippen LogP contribution in [0.25, 0.3) is 0 Å². The molecule has 31 nitrogen and oxygen atoms in total. The number of carbonyl (C=O) groups is 8. The van der Waals surface area contributed by atoms with Crippen LogP contribution in [0.3, 0.4) is 0 Å². The van der Waals surface area contributed by atoms with Crippen molar-refractivity contribution in [3.05, 3.63) is 110 Å². The highest BCUT2D eigenvalue weighted by molar-refractivity contribution is 8.76. The minimum absolute atomic E-state index is 0.00918. The third-order valence-electron chi connectivity index (χ3n) is 17.5. The fourth-order valence-corrected chi connectivity index (χ4v) is 17.3. The van der Waals surface area contributed by atoms with Crippen LogP contribution in [0.2, 0.25) is 0 Å². The van der Waals surface area contributed by atoms with Gasteiger partial charge in [-0.05, 0) is 100 Å². The van der Waals surface area contributed by atoms with Crippen molar-refractivity contribution < 1.29 is 110 Å². The Hall–Kier alpha value is -6.98. The number of fused-ring (bicyclic) bond motifs is 2. The molecule has 0 saturated carbocycles. The number of aryl methyl sites for hydroxylation is 2. The lowest BCUT2D eigenvalue weighted by Gasteiger charge is -2.38. The van der Waals surface area contributed by atoms with Gasteiger partial charge in [-0.15, -0.1) is 0 Å². The molecule has 10 atom stereocenters. The number of unbranched alkanes of at least 4 members (excludes halogenated alkanes) is 3. The molecule has 1 fully saturated rings. The molecule has 1 saturated heterocycles. The number of Topliss-reactive ketones (excluding diaryl/α,β-unsaturated/α-hetero) is 3. The zero-order chi connectivity index (χ0) is 77.3. The third kappa shape index (κ3) is 27.6. The van der Waals surface area contributed by atoms with Crippen molar-refractivity contribution in [2.24, 2.45) is 16.8 Å². The van der Waals surface area contributed by atoms with Crippen LogP contribution < -0.4 is 26.8 Å². The molecule has 3 aromatic rings. The molecule has 105 heavy (non-hydrogen) atoms. The topological polar surface area (TPSA) is 476 Å². The van der Waals surface area contributed by atoms with Gasteiger partial charge in [0.2, 0.25) is 11.8 Å². The summed E-state index contributed by atoms with van der Waals surface area (Å²) in [6.45, 7) is 9.69. The summed E-state index contributed by atoms with van der Waals surface area (Å²) in [6, 6.07) is 9.65. The number of rotatable bonds is 44. The zero-order valence-electron chi connectivity index (χ0n) is 59.4. The van der Waals surface area contributed by atoms with Crippen LogP contribution in [0.15, 0.2) is 75.9 Å². The van der Waals surface area contributed by atoms with Crippen molar-refractivity contribution in [2.75, 3.05) is 44.0 Å². The number of anilines is 1. The number of nitrogen functional groups attached to an aromatic ring is 1. The lowest BCUT2D eigenvalue weighted by atomic mass is 9.72. The SMILES string of the molecule is CCCc1cc2c(cc1C)C(c1ccccc1C(=O)N(C)CCCC(=O)NC(CCCSSCCC(=O)CCC#Cc1cn([C@H]3CC(O)[C@@H](COP(=O)(O)OP(=O)(O)OP(=O)(O)O)O3)c(=O)nc1N)C(=O)CCCCCCC(=O)NC(CC(=O)O)C(=O)CC(CC)C(=O)O)C1C=C(C)C(=NCC)C=C1O2. The van der Waals surface area contributed by atoms with Gasteiger partial charge in [0.15, 0.2) is 11.6 Å². The van der Waals surface area contributed by atoms with Gasteiger partial charge < -0.3 is 65.6 Å². The van der Waals surface area contributed by atoms with Crippen molar-refractivity contribution in [1.82, 2.24) is 25.1 Å². The van der Waals surface area contributed by atoms with Crippen LogP contribution in [-0.4, -0.2) is 165 Å². The normalized spacial score (nSPS) is 19.3. The summed E-state index contributed by atoms with van der Waals surface area (Å²) in [5.74, 6) is 1.61. The zero-order valence-corrected chi connectivity index (χ0v) is 63.7. The van der Waals surface area contributed by atoms with E-state index in [-0.39, 0.29) is 111 Å². The number of aliphatic carboxylic acids is 2. The molecule has 6 rings (SSSR count). The number of carbonyl (C=O) groups excluding carboxylic acids is 6. The Morgan fingerprint density at radius 2 is 1.52 bits per heavy atom. The Labute approximate surface area is 616 Å². The number of amides is 3. The number of carboxylic acids is 2. The molecule has 36 heteroatoms. The second kappa shape index (κ2) is 41.4. The Bertz CT molecular complexity index is 4020. The number of ketones is 3. The maximum absolute atomic E-state index is 14.6. The molecule has 2 aliphatic heterocycles. The summed E-state index contributed by atoms with van der Waals surface area (Å²) in [5, 5.41) is 34.7. The molecular formula is C69H94N7O24P3S2. The van der Waals surface area contributed by atoms with E-state index < -0.39 is 109 Å². The van der Waals surface area contributed by atoms with Crippen molar-refractivity contribution in [3.63, 3.8) is 0 Å². The van der Waals surface area contributed by atoms with Crippen molar-refractivity contribution in [2.45, 2.75) is 193 Å². The first-order valence-corrected chi connectivity index (χ1v) is 41.6. The summed E-state index contributed by atoms with van der Waals surface area (Å²) < 4.78 is 59.9. The monoisotopic (exact) mass is 1560 g/mol. The fraction of sp³-hybridized carbons (Fsp3) is 0.551. The molecule has 3 aliphatic rings. The van der Waals surface area contributed by atoms with Gasteiger partial charge in [0, 0.05) is 118 Å². The number of phosphoric acid groups is 3. The summed E-state index contributed by atoms with van der Waals surface area (Å²) in [6.07, 6.45) is 5.10. The number of hydrogen-bond donors (Lipinski definition) is 10. The van der Waals surface area contributed by atoms with Gasteiger partial charge in [0.05, 0.1) is 48.4 Å². The van der Waals surface area contributed by atoms with Crippen LogP contribution in [-0.2, 0) is 71.6 Å². The maximum atomic E-state index is 14.6. The van der Waals surface area contributed by atoms with E-state index in [1.54, 1.807) is 18.9 Å². The minimum Gasteiger partial charge on any atom is -0.481 e. The minimum atomic E-state index is -5.82. The Balaban J connectivity index is 1.01. The largest absolute Gasteiger partial charge is 0.490 e. The van der Waals surface area contributed by atoms with E-state index >= 15 is 0 Å². The first-order valence-electron chi connectivity index (χ1n) is 34.6. The molecule has 576 valence electrons. The van der Waals surface area contributed by atoms with Gasteiger partial charge >= 0.3 is 41.1 Å². The molecule has 11 N–H and O–H groups in total. The molecule has 0 spiro atoms. The number of ether oxygens (including phenoxy) is 2. The molecule has 8 unspecified atom stereocenters. The fourth-order valence-electron chi connectivity index (χ4n) is 12.1. The van der Waals surface area contributed by atoms with Gasteiger partial charge in [-0.1, -0.05) is 96.9 Å². The van der Waals surface area contributed by atoms with E-state index in [9.17, 15) is 82.0 Å². The highest BCUT2D eigenvalue weighted by atomic mass is 33.1. The van der Waals surface area contributed by atoms with Gasteiger partial charge in [0.25, 0.3) is 5.91 Å². The number of aliphatic hydroxyl groups excluding tert-OH is 1. The number of aromatic nitrogens is 2. The van der Waals surface area contributed by atoms with E-state index in [1.807, 2.05) is 44.2 Å². The van der Waals surface area contributed by atoms with E-state index in [2.05, 4.69) is 72.7 Å². The van der Waals surface area contributed by atoms with Crippen molar-refractivity contribution >= 4 is 104 Å². The maximum Gasteiger partial charge on any atom is 0.490 e. The average molecular weight is 1560 g/mol. The Morgan fingerprint density at radius 1 is 0.838 bits per heavy atom. The Kier molecular flexibility index (Phi) is 34.3. The third-order valence-corrected chi connectivity index (χ3v) is 23.8. The van der Waals surface area contributed by atoms with Gasteiger partial charge in [0.1, 0.15) is 35.4 Å². The highest BCUT2D eigenvalue weighted by Crippen LogP contribution is 2.66. The van der Waals surface area contributed by atoms with Gasteiger partial charge in [-0.25, -0.2) is 18.5 Å². The number of nitrogens with one attached hydrogen (secondary N) is 2. The molecule has 1 aromatic heterocycles. The second-order valence-electron chi connectivity index (χ2n) is 25.6. The van der Waals surface area contributed by atoms with E-state index in [0.29, 0.717) is 62.1 Å². The number of nitrogens with zero attached hydrogens (tertiary/aromatic N) is 4. The van der Waals surface area contributed by atoms with Gasteiger partial charge in [-0.2, -0.15) is 13.6 Å². The molecule has 1 aliphatic carbocycles. The van der Waals surface area contributed by atoms with Crippen LogP contribution in [0.4, 0.5) is 5.82 Å². The summed E-state index contributed by atoms with van der Waals surface area (Å²) in [4.78, 5) is 164. The number of allylic oxidation sites excluding steroid dienone is 3. The number of benzene rings is 2. The summed E-state index contributed by atoms with van der Waals surface area (Å²) >= 11 is 0. The Morgan fingerprint density at radius 3 is 2.20 bits per heavy atom. The van der Waals surface area contributed by atoms with Crippen LogP contribution in [0, 0.1) is 30.6 Å². The number of aliphatic hydroxyl groups is 1. The number of aliphatic imine (C=N–C) groups is 1. The number of nitrogens with two attached hydrogens (primary N) is 1. The van der Waals surface area contributed by atoms with E-state index in [4.69, 9.17) is 30.0 Å². The van der Waals surface area contributed by atoms with Crippen molar-refractivity contribution in [3.8, 4) is 17.6 Å². The molecular weight excluding hydrogens is 1470 g/mol. The standard InChI is InChI=1S/C69H94N7O24P3S2/c1-7-20-45-36-58-50(33-42(45)4)65(51-34-43(5)53(71-9-3)37-59(51)97-58)48-23-16-17-24-49(48)67(85)75(6)30-18-28-62(82)72-52(55(78)26-12-10-11-13-27-61(81)73-54(38-64(83)84)56(79)35-44(8-2)68(86)87)25-19-31-104-105-32-29-47(77)22-15-14-21-46-40-76(69(88)74-66(46)70)63-39-57(80)60(98-63)41-96-102(92,93)100-103(94,95)99-101(89,90)91/h16-17,23-24,33-34,36-37,40,44,51-52,54,57,60,63,65,80H,7-13,15,18-20,22,25-32,35,38-39,41H2,1-6H3,(H,72,82)(H,73,81)(H,83,84)(H,86,87)(H,92,93)(H,94,95)(H2,70,74,88)(H2,89,90,91)/t44?,51?,52?,54?,57?,60-,63-,65?/m1/s1. The molecule has 3 amide bonds. The van der Waals surface area contributed by atoms with Crippen LogP contribution in [0.5, 0.6) is 5.75 Å². The first kappa shape index (κ1) is 86.9. The predicted octanol–water partition coefficient (Wildman–Crippen LogP) is 8.75.